The van der Waals surface area contributed by atoms with Gasteiger partial charge in [0.2, 0.25) is 0 Å². The first kappa shape index (κ1) is 17.4. The van der Waals surface area contributed by atoms with Crippen LogP contribution in [0.3, 0.4) is 0 Å². The number of pyridine rings is 1. The van der Waals surface area contributed by atoms with Crippen molar-refractivity contribution in [2.75, 3.05) is 7.11 Å². The number of nitro benzene ring substituents is 1. The summed E-state index contributed by atoms with van der Waals surface area (Å²) in [5.41, 5.74) is 3.25. The quantitative estimate of drug-likeness (QED) is 0.290. The van der Waals surface area contributed by atoms with Crippen molar-refractivity contribution in [1.29, 1.82) is 0 Å². The van der Waals surface area contributed by atoms with Crippen LogP contribution < -0.4 is 4.74 Å². The maximum atomic E-state index is 10.8. The van der Waals surface area contributed by atoms with Gasteiger partial charge in [0.15, 0.2) is 5.82 Å². The number of imidazole rings is 1. The van der Waals surface area contributed by atoms with Crippen molar-refractivity contribution >= 4 is 23.4 Å². The average molecular weight is 372 g/mol. The molecular formula is C21H16N4O3. The number of rotatable bonds is 5. The van der Waals surface area contributed by atoms with E-state index < -0.39 is 4.92 Å². The minimum Gasteiger partial charge on any atom is -0.497 e. The first-order valence-electron chi connectivity index (χ1n) is 8.56. The molecule has 0 aliphatic carbocycles. The largest absolute Gasteiger partial charge is 0.497 e. The van der Waals surface area contributed by atoms with Gasteiger partial charge in [0, 0.05) is 30.1 Å². The number of hydrogen-bond donors (Lipinski definition) is 0. The van der Waals surface area contributed by atoms with Gasteiger partial charge >= 0.3 is 0 Å². The number of non-ortho nitro benzene ring substituents is 1. The van der Waals surface area contributed by atoms with Gasteiger partial charge in [-0.3, -0.25) is 14.5 Å². The summed E-state index contributed by atoms with van der Waals surface area (Å²) < 4.78 is 7.13. The van der Waals surface area contributed by atoms with Gasteiger partial charge in [-0.15, -0.1) is 0 Å². The second-order valence-electron chi connectivity index (χ2n) is 6.05. The lowest BCUT2D eigenvalue weighted by molar-refractivity contribution is -0.384. The van der Waals surface area contributed by atoms with Crippen LogP contribution in [0, 0.1) is 10.1 Å². The van der Waals surface area contributed by atoms with Crippen molar-refractivity contribution in [1.82, 2.24) is 9.38 Å². The third kappa shape index (κ3) is 3.33. The highest BCUT2D eigenvalue weighted by Crippen LogP contribution is 2.32. The molecule has 4 aromatic rings. The summed E-state index contributed by atoms with van der Waals surface area (Å²) in [5, 5.41) is 10.8. The number of hydrogen-bond acceptors (Lipinski definition) is 5. The molecule has 0 fully saturated rings. The molecule has 0 atom stereocenters. The van der Waals surface area contributed by atoms with Crippen LogP contribution in [0.4, 0.5) is 11.5 Å². The summed E-state index contributed by atoms with van der Waals surface area (Å²) in [4.78, 5) is 19.7. The van der Waals surface area contributed by atoms with Gasteiger partial charge in [-0.05, 0) is 54.1 Å². The van der Waals surface area contributed by atoms with Gasteiger partial charge in [0.25, 0.3) is 5.69 Å². The fraction of sp³-hybridized carbons (Fsp3) is 0.0476. The molecule has 0 bridgehead atoms. The van der Waals surface area contributed by atoms with Crippen LogP contribution in [0.2, 0.25) is 0 Å². The van der Waals surface area contributed by atoms with Crippen molar-refractivity contribution in [3.05, 3.63) is 88.6 Å². The molecule has 7 heteroatoms. The monoisotopic (exact) mass is 372 g/mol. The summed E-state index contributed by atoms with van der Waals surface area (Å²) in [6.07, 6.45) is 3.57. The van der Waals surface area contributed by atoms with E-state index in [2.05, 4.69) is 4.99 Å². The minimum atomic E-state index is -0.423. The number of fused-ring (bicyclic) bond motifs is 1. The third-order valence-electron chi connectivity index (χ3n) is 4.31. The number of benzene rings is 2. The molecule has 0 radical (unpaired) electrons. The number of aliphatic imine (C=N–C) groups is 1. The lowest BCUT2D eigenvalue weighted by Gasteiger charge is -2.03. The zero-order valence-electron chi connectivity index (χ0n) is 15.0. The molecule has 0 saturated heterocycles. The fourth-order valence-corrected chi connectivity index (χ4v) is 2.87. The maximum Gasteiger partial charge on any atom is 0.269 e. The lowest BCUT2D eigenvalue weighted by Crippen LogP contribution is -1.89. The van der Waals surface area contributed by atoms with Crippen LogP contribution in [-0.2, 0) is 0 Å². The zero-order valence-corrected chi connectivity index (χ0v) is 15.0. The first-order valence-corrected chi connectivity index (χ1v) is 8.56. The molecule has 2 aromatic heterocycles. The molecule has 0 unspecified atom stereocenters. The topological polar surface area (TPSA) is 82.0 Å². The van der Waals surface area contributed by atoms with Crippen LogP contribution in [0.15, 0.2) is 77.9 Å². The van der Waals surface area contributed by atoms with E-state index in [0.29, 0.717) is 5.82 Å². The van der Waals surface area contributed by atoms with Gasteiger partial charge in [-0.25, -0.2) is 9.98 Å². The highest BCUT2D eigenvalue weighted by Gasteiger charge is 2.13. The van der Waals surface area contributed by atoms with E-state index in [1.165, 1.54) is 12.1 Å². The molecular weight excluding hydrogens is 356 g/mol. The van der Waals surface area contributed by atoms with E-state index in [-0.39, 0.29) is 5.69 Å². The van der Waals surface area contributed by atoms with Gasteiger partial charge in [0.05, 0.1) is 12.0 Å². The number of methoxy groups -OCH3 is 1. The summed E-state index contributed by atoms with van der Waals surface area (Å²) in [6.45, 7) is 0. The van der Waals surface area contributed by atoms with E-state index in [0.717, 1.165) is 28.2 Å². The molecule has 0 aliphatic heterocycles. The van der Waals surface area contributed by atoms with Gasteiger partial charge in [-0.1, -0.05) is 6.07 Å². The van der Waals surface area contributed by atoms with Crippen molar-refractivity contribution < 1.29 is 9.66 Å². The third-order valence-corrected chi connectivity index (χ3v) is 4.31. The van der Waals surface area contributed by atoms with E-state index in [1.807, 2.05) is 53.1 Å². The Morgan fingerprint density at radius 1 is 1.07 bits per heavy atom. The van der Waals surface area contributed by atoms with Crippen molar-refractivity contribution in [3.8, 4) is 17.0 Å². The molecule has 0 amide bonds. The van der Waals surface area contributed by atoms with Crippen LogP contribution in [-0.4, -0.2) is 27.6 Å². The molecule has 0 spiro atoms. The minimum absolute atomic E-state index is 0.0471. The lowest BCUT2D eigenvalue weighted by atomic mass is 10.1. The van der Waals surface area contributed by atoms with Crippen molar-refractivity contribution in [3.63, 3.8) is 0 Å². The Hall–Kier alpha value is -4.00. The van der Waals surface area contributed by atoms with Crippen LogP contribution in [0.5, 0.6) is 5.75 Å². The molecule has 2 heterocycles. The Kier molecular flexibility index (Phi) is 4.55. The summed E-state index contributed by atoms with van der Waals surface area (Å²) in [7, 11) is 1.62. The summed E-state index contributed by atoms with van der Waals surface area (Å²) in [5.74, 6) is 1.45. The highest BCUT2D eigenvalue weighted by atomic mass is 16.6. The number of aromatic nitrogens is 2. The van der Waals surface area contributed by atoms with E-state index in [9.17, 15) is 10.1 Å². The normalized spacial score (nSPS) is 11.2. The fourth-order valence-electron chi connectivity index (χ4n) is 2.87. The molecule has 7 nitrogen and oxygen atoms in total. The standard InChI is InChI=1S/C21H16N4O3/c1-28-18-11-7-16(8-12-18)20-21(24-13-3-2-4-19(24)23-20)22-14-15-5-9-17(10-6-15)25(26)27/h2-14H,1H3/b22-14+. The number of nitrogens with zero attached hydrogens (tertiary/aromatic N) is 4. The molecule has 0 saturated carbocycles. The number of nitro groups is 1. The molecule has 28 heavy (non-hydrogen) atoms. The van der Waals surface area contributed by atoms with Crippen molar-refractivity contribution in [2.24, 2.45) is 4.99 Å². The molecule has 2 aromatic carbocycles. The van der Waals surface area contributed by atoms with E-state index in [1.54, 1.807) is 25.5 Å². The van der Waals surface area contributed by atoms with Crippen LogP contribution >= 0.6 is 0 Å². The maximum absolute atomic E-state index is 10.8. The predicted octanol–water partition coefficient (Wildman–Crippen LogP) is 4.67. The van der Waals surface area contributed by atoms with Crippen LogP contribution in [0.25, 0.3) is 16.9 Å². The van der Waals surface area contributed by atoms with Crippen LogP contribution in [0.1, 0.15) is 5.56 Å². The zero-order chi connectivity index (χ0) is 19.5. The summed E-state index contributed by atoms with van der Waals surface area (Å²) in [6, 6.07) is 19.6. The Morgan fingerprint density at radius 3 is 2.50 bits per heavy atom. The molecule has 0 aliphatic rings. The Balaban J connectivity index is 1.77. The Morgan fingerprint density at radius 2 is 1.82 bits per heavy atom. The van der Waals surface area contributed by atoms with E-state index in [4.69, 9.17) is 9.72 Å². The molecule has 4 rings (SSSR count). The second kappa shape index (κ2) is 7.32. The van der Waals surface area contributed by atoms with Gasteiger partial charge in [0.1, 0.15) is 17.1 Å². The van der Waals surface area contributed by atoms with E-state index >= 15 is 0 Å². The van der Waals surface area contributed by atoms with Gasteiger partial charge in [-0.2, -0.15) is 0 Å². The van der Waals surface area contributed by atoms with Gasteiger partial charge < -0.3 is 4.74 Å². The number of ether oxygens (including phenoxy) is 1. The SMILES string of the molecule is COc1ccc(-c2nc3ccccn3c2/N=C/c2ccc([N+](=O)[O-])cc2)cc1. The smallest absolute Gasteiger partial charge is 0.269 e. The highest BCUT2D eigenvalue weighted by molar-refractivity contribution is 5.85. The summed E-state index contributed by atoms with van der Waals surface area (Å²) >= 11 is 0. The first-order chi connectivity index (χ1) is 13.7. The Bertz CT molecular complexity index is 1160. The van der Waals surface area contributed by atoms with Crippen molar-refractivity contribution in [2.45, 2.75) is 0 Å². The molecule has 0 N–H and O–H groups in total. The average Bonchev–Trinajstić information content (AvgIpc) is 3.11. The predicted molar refractivity (Wildman–Crippen MR) is 108 cm³/mol. The molecule has 138 valence electrons. The second-order valence-corrected chi connectivity index (χ2v) is 6.05. The Labute approximate surface area is 160 Å².